The van der Waals surface area contributed by atoms with Crippen molar-refractivity contribution in [3.8, 4) is 0 Å². The van der Waals surface area contributed by atoms with Crippen molar-refractivity contribution in [2.24, 2.45) is 28.6 Å². The van der Waals surface area contributed by atoms with E-state index in [1.54, 1.807) is 58.0 Å². The number of amides is 1. The molecule has 0 aromatic heterocycles. The van der Waals surface area contributed by atoms with Crippen LogP contribution in [-0.2, 0) is 58.9 Å². The van der Waals surface area contributed by atoms with E-state index in [-0.39, 0.29) is 31.6 Å². The molecule has 1 aromatic rings. The van der Waals surface area contributed by atoms with Crippen LogP contribution in [0.1, 0.15) is 46.1 Å². The van der Waals surface area contributed by atoms with E-state index in [1.807, 2.05) is 0 Å². The summed E-state index contributed by atoms with van der Waals surface area (Å²) >= 11 is 0. The molecule has 2 aliphatic heterocycles. The Morgan fingerprint density at radius 2 is 1.79 bits per heavy atom. The lowest BCUT2D eigenvalue weighted by Gasteiger charge is -2.67. The number of Topliss-reactive ketones (excluding diaryl/α,β-unsaturated/α-hetero) is 1. The highest BCUT2D eigenvalue weighted by Gasteiger charge is 2.85. The van der Waals surface area contributed by atoms with Crippen LogP contribution >= 0.6 is 0 Å². The number of ether oxygens (including phenoxy) is 5. The van der Waals surface area contributed by atoms with E-state index >= 15 is 0 Å². The first-order valence-corrected chi connectivity index (χ1v) is 17.1. The lowest BCUT2D eigenvalue weighted by molar-refractivity contribution is -0.290. The molecule has 2 saturated carbocycles. The number of aliphatic hydroxyl groups excluding tert-OH is 2. The summed E-state index contributed by atoms with van der Waals surface area (Å²) in [5.74, 6) is -8.58. The second-order valence-electron chi connectivity index (χ2n) is 14.9. The van der Waals surface area contributed by atoms with Crippen LogP contribution in [0.15, 0.2) is 53.3 Å². The summed E-state index contributed by atoms with van der Waals surface area (Å²) in [5, 5.41) is 35.9. The predicted octanol–water partition coefficient (Wildman–Crippen LogP) is 0.788. The van der Waals surface area contributed by atoms with E-state index in [0.29, 0.717) is 16.7 Å². The molecule has 1 spiro atoms. The number of carbonyl (C=O) groups excluding carboxylic acids is 5. The molecule has 6 rings (SSSR count). The van der Waals surface area contributed by atoms with E-state index in [1.165, 1.54) is 0 Å². The Hall–Kier alpha value is -4.60. The molecule has 52 heavy (non-hydrogen) atoms. The molecule has 4 fully saturated rings. The number of rotatable bonds is 10. The molecule has 2 heterocycles. The van der Waals surface area contributed by atoms with Crippen molar-refractivity contribution in [2.75, 3.05) is 20.3 Å². The van der Waals surface area contributed by atoms with Gasteiger partial charge in [0, 0.05) is 30.3 Å². The number of carbonyl (C=O) groups is 6. The molecule has 0 radical (unpaired) electrons. The van der Waals surface area contributed by atoms with Crippen molar-refractivity contribution in [3.05, 3.63) is 58.9 Å². The number of hydrogen-bond acceptors (Lipinski definition) is 13. The van der Waals surface area contributed by atoms with Gasteiger partial charge in [-0.25, -0.2) is 19.2 Å². The molecule has 3 aliphatic carbocycles. The van der Waals surface area contributed by atoms with Crippen molar-refractivity contribution in [1.82, 2.24) is 5.32 Å². The van der Waals surface area contributed by atoms with Crippen LogP contribution in [0.2, 0.25) is 0 Å². The average Bonchev–Trinajstić information content (AvgIpc) is 3.38. The molecular weight excluding hydrogens is 682 g/mol. The van der Waals surface area contributed by atoms with Gasteiger partial charge in [0.15, 0.2) is 18.1 Å². The number of aliphatic hydroxyl groups is 2. The van der Waals surface area contributed by atoms with Crippen molar-refractivity contribution in [2.45, 2.75) is 83.0 Å². The molecular formula is C37H43NO14. The molecule has 2 bridgehead atoms. The van der Waals surface area contributed by atoms with Crippen molar-refractivity contribution < 1.29 is 67.8 Å². The van der Waals surface area contributed by atoms with E-state index < -0.39 is 107 Å². The number of esters is 3. The Labute approximate surface area is 299 Å². The van der Waals surface area contributed by atoms with Gasteiger partial charge in [-0.1, -0.05) is 42.8 Å². The molecule has 4 N–H and O–H groups in total. The van der Waals surface area contributed by atoms with Gasteiger partial charge >= 0.3 is 23.9 Å². The van der Waals surface area contributed by atoms with Crippen LogP contribution in [0.25, 0.3) is 0 Å². The fraction of sp³-hybridized carbons (Fsp3) is 0.568. The van der Waals surface area contributed by atoms with Crippen LogP contribution in [0.4, 0.5) is 0 Å². The molecule has 5 aliphatic rings. The first kappa shape index (κ1) is 37.2. The fourth-order valence-corrected chi connectivity index (χ4v) is 9.86. The maximum atomic E-state index is 13.9. The van der Waals surface area contributed by atoms with Crippen LogP contribution in [0.3, 0.4) is 0 Å². The number of fused-ring (bicyclic) bond motifs is 2. The van der Waals surface area contributed by atoms with Crippen molar-refractivity contribution in [1.29, 1.82) is 0 Å². The minimum Gasteiger partial charge on any atom is -0.480 e. The Morgan fingerprint density at radius 1 is 1.10 bits per heavy atom. The van der Waals surface area contributed by atoms with E-state index in [4.69, 9.17) is 23.7 Å². The summed E-state index contributed by atoms with van der Waals surface area (Å²) in [6.45, 7) is 5.73. The SMILES string of the molecule is COC(=O)[C@@]12OC[C@]34C([C@@H](O)[C@@H]1O)[C@@]1(C)CC(=O)C(OCC(=O)NC(Cc5ccccc5)C(=O)O)=C(C)[C@@H]1C[C@H]3OC(=O)[C@H](OC(=O)C=C(C)C)[C@@H]24. The topological polar surface area (TPSA) is 221 Å². The zero-order chi connectivity index (χ0) is 37.9. The third-order valence-electron chi connectivity index (χ3n) is 11.7. The van der Waals surface area contributed by atoms with Gasteiger partial charge in [-0.05, 0) is 49.7 Å². The summed E-state index contributed by atoms with van der Waals surface area (Å²) in [6.07, 6.45) is -5.40. The molecule has 1 amide bonds. The van der Waals surface area contributed by atoms with Gasteiger partial charge in [0.05, 0.1) is 25.7 Å². The second kappa shape index (κ2) is 13.4. The third-order valence-corrected chi connectivity index (χ3v) is 11.7. The quantitative estimate of drug-likeness (QED) is 0.149. The van der Waals surface area contributed by atoms with E-state index in [2.05, 4.69) is 5.32 Å². The van der Waals surface area contributed by atoms with E-state index in [0.717, 1.165) is 13.2 Å². The van der Waals surface area contributed by atoms with Crippen molar-refractivity contribution in [3.63, 3.8) is 0 Å². The lowest BCUT2D eigenvalue weighted by atomic mass is 9.38. The van der Waals surface area contributed by atoms with Gasteiger partial charge in [-0.3, -0.25) is 9.59 Å². The summed E-state index contributed by atoms with van der Waals surface area (Å²) in [5.41, 5.74) is -3.20. The number of carboxylic acid groups (broad SMARTS) is 1. The molecule has 11 atom stereocenters. The van der Waals surface area contributed by atoms with Crippen LogP contribution in [0, 0.1) is 28.6 Å². The van der Waals surface area contributed by atoms with Gasteiger partial charge in [-0.2, -0.15) is 0 Å². The average molecular weight is 726 g/mol. The maximum absolute atomic E-state index is 13.9. The minimum atomic E-state index is -2.30. The maximum Gasteiger partial charge on any atom is 0.348 e. The smallest absolute Gasteiger partial charge is 0.348 e. The highest BCUT2D eigenvalue weighted by molar-refractivity contribution is 5.97. The molecule has 2 saturated heterocycles. The van der Waals surface area contributed by atoms with Gasteiger partial charge in [-0.15, -0.1) is 0 Å². The van der Waals surface area contributed by atoms with Gasteiger partial charge < -0.3 is 44.3 Å². The summed E-state index contributed by atoms with van der Waals surface area (Å²) in [4.78, 5) is 79.0. The van der Waals surface area contributed by atoms with Crippen LogP contribution in [0.5, 0.6) is 0 Å². The Balaban J connectivity index is 1.33. The first-order chi connectivity index (χ1) is 24.5. The zero-order valence-corrected chi connectivity index (χ0v) is 29.5. The summed E-state index contributed by atoms with van der Waals surface area (Å²) in [7, 11) is 1.07. The number of allylic oxidation sites excluding steroid dienone is 3. The van der Waals surface area contributed by atoms with Crippen LogP contribution < -0.4 is 5.32 Å². The molecule has 15 nitrogen and oxygen atoms in total. The highest BCUT2D eigenvalue weighted by atomic mass is 16.6. The summed E-state index contributed by atoms with van der Waals surface area (Å²) in [6, 6.07) is 7.50. The van der Waals surface area contributed by atoms with Crippen molar-refractivity contribution >= 4 is 35.6 Å². The van der Waals surface area contributed by atoms with Gasteiger partial charge in [0.25, 0.3) is 5.91 Å². The Kier molecular flexibility index (Phi) is 9.60. The van der Waals surface area contributed by atoms with Gasteiger partial charge in [0.2, 0.25) is 11.7 Å². The molecule has 1 aromatic carbocycles. The Bertz CT molecular complexity index is 1750. The highest BCUT2D eigenvalue weighted by Crippen LogP contribution is 2.72. The second-order valence-corrected chi connectivity index (χ2v) is 14.9. The first-order valence-electron chi connectivity index (χ1n) is 17.1. The number of hydrogen-bond donors (Lipinski definition) is 4. The third kappa shape index (κ3) is 5.60. The van der Waals surface area contributed by atoms with Gasteiger partial charge in [0.1, 0.15) is 18.2 Å². The molecule has 15 heteroatoms. The minimum absolute atomic E-state index is 0.0252. The predicted molar refractivity (Wildman–Crippen MR) is 176 cm³/mol. The van der Waals surface area contributed by atoms with Crippen LogP contribution in [-0.4, -0.2) is 107 Å². The fourth-order valence-electron chi connectivity index (χ4n) is 9.86. The zero-order valence-electron chi connectivity index (χ0n) is 29.5. The summed E-state index contributed by atoms with van der Waals surface area (Å²) < 4.78 is 28.6. The van der Waals surface area contributed by atoms with E-state index in [9.17, 15) is 44.1 Å². The number of nitrogens with one attached hydrogen (secondary N) is 1. The molecule has 2 unspecified atom stereocenters. The normalized spacial score (nSPS) is 36.3. The number of aliphatic carboxylic acids is 1. The number of benzene rings is 1. The lowest BCUT2D eigenvalue weighted by Crippen LogP contribution is -2.79. The number of methoxy groups -OCH3 is 1. The monoisotopic (exact) mass is 725 g/mol. The standard InChI is InChI=1S/C37H43NO14/c1-17(2)11-25(41)52-28-30-36-16-50-37(30,34(47)48-5)31(43)26(42)29(36)35(4)14-22(39)27(18(3)20(35)13-23(36)51-33(28)46)49-15-24(40)38-21(32(44)45)12-19-9-7-6-8-10-19/h6-11,20-21,23,26,28-31,42-43H,12-16H2,1-5H3,(H,38,40)(H,44,45)/t20-,21?,23+,26+,28+,29?,30+,31-,35-,36+,37-/m0/s1. The number of carboxylic acids is 1. The largest absolute Gasteiger partial charge is 0.480 e. The Morgan fingerprint density at radius 3 is 2.42 bits per heavy atom. The number of ketones is 1. The molecule has 280 valence electrons.